The van der Waals surface area contributed by atoms with Gasteiger partial charge in [-0.05, 0) is 18.2 Å². The first-order valence-corrected chi connectivity index (χ1v) is 3.54. The summed E-state index contributed by atoms with van der Waals surface area (Å²) in [6.07, 6.45) is 4.98. The van der Waals surface area contributed by atoms with Crippen molar-refractivity contribution >= 4 is 12.0 Å². The van der Waals surface area contributed by atoms with Gasteiger partial charge >= 0.3 is 0 Å². The van der Waals surface area contributed by atoms with Gasteiger partial charge in [-0.25, -0.2) is 5.84 Å². The van der Waals surface area contributed by atoms with Crippen LogP contribution >= 0.6 is 0 Å². The fourth-order valence-corrected chi connectivity index (χ4v) is 0.857. The zero-order chi connectivity index (χ0) is 8.97. The lowest BCUT2D eigenvalue weighted by atomic mass is 10.3. The summed E-state index contributed by atoms with van der Waals surface area (Å²) in [6.45, 7) is 0. The number of carbonyl (C=O) groups excluding carboxylic acids is 1. The molecule has 0 fully saturated rings. The van der Waals surface area contributed by atoms with Crippen LogP contribution in [0.5, 0.6) is 0 Å². The number of hydrazine groups is 1. The Kier molecular flexibility index (Phi) is 2.66. The number of rotatable bonds is 2. The van der Waals surface area contributed by atoms with Gasteiger partial charge < -0.3 is 4.57 Å². The predicted molar refractivity (Wildman–Crippen MR) is 46.8 cm³/mol. The Balaban J connectivity index is 2.69. The number of carbonyl (C=O) groups is 1. The molecule has 1 amide bonds. The van der Waals surface area contributed by atoms with Gasteiger partial charge in [0.25, 0.3) is 5.91 Å². The van der Waals surface area contributed by atoms with Gasteiger partial charge in [-0.15, -0.1) is 0 Å². The Labute approximate surface area is 70.6 Å². The summed E-state index contributed by atoms with van der Waals surface area (Å²) in [4.78, 5) is 10.7. The Morgan fingerprint density at radius 1 is 1.75 bits per heavy atom. The van der Waals surface area contributed by atoms with Gasteiger partial charge in [-0.2, -0.15) is 0 Å². The number of aromatic nitrogens is 1. The van der Waals surface area contributed by atoms with Crippen LogP contribution in [0.4, 0.5) is 0 Å². The van der Waals surface area contributed by atoms with Gasteiger partial charge in [-0.1, -0.05) is 0 Å². The monoisotopic (exact) mass is 165 g/mol. The minimum Gasteiger partial charge on any atom is -0.351 e. The maximum Gasteiger partial charge on any atom is 0.257 e. The summed E-state index contributed by atoms with van der Waals surface area (Å²) in [7, 11) is 1.90. The molecule has 0 bridgehead atoms. The number of aryl methyl sites for hydroxylation is 1. The third-order valence-electron chi connectivity index (χ3n) is 1.53. The predicted octanol–water partition coefficient (Wildman–Crippen LogP) is 0.0282. The molecule has 0 aromatic carbocycles. The Bertz CT molecular complexity index is 301. The van der Waals surface area contributed by atoms with Crippen LogP contribution in [0.2, 0.25) is 0 Å². The molecule has 1 aromatic heterocycles. The van der Waals surface area contributed by atoms with E-state index in [-0.39, 0.29) is 5.91 Å². The fourth-order valence-electron chi connectivity index (χ4n) is 0.857. The first-order chi connectivity index (χ1) is 5.74. The average molecular weight is 165 g/mol. The molecule has 1 rings (SSSR count). The van der Waals surface area contributed by atoms with Crippen LogP contribution in [0.25, 0.3) is 6.08 Å². The average Bonchev–Trinajstić information content (AvgIpc) is 2.47. The molecule has 0 saturated heterocycles. The number of nitrogens with one attached hydrogen (secondary N) is 1. The van der Waals surface area contributed by atoms with E-state index in [0.717, 1.165) is 5.69 Å². The van der Waals surface area contributed by atoms with Gasteiger partial charge in [0.2, 0.25) is 0 Å². The molecule has 0 spiro atoms. The van der Waals surface area contributed by atoms with Crippen molar-refractivity contribution in [3.8, 4) is 0 Å². The molecule has 0 unspecified atom stereocenters. The van der Waals surface area contributed by atoms with Gasteiger partial charge in [0.05, 0.1) is 0 Å². The van der Waals surface area contributed by atoms with Gasteiger partial charge in [0.1, 0.15) is 0 Å². The topological polar surface area (TPSA) is 60.0 Å². The number of nitrogens with zero attached hydrogens (tertiary/aromatic N) is 1. The van der Waals surface area contributed by atoms with E-state index < -0.39 is 0 Å². The smallest absolute Gasteiger partial charge is 0.257 e. The third-order valence-corrected chi connectivity index (χ3v) is 1.53. The van der Waals surface area contributed by atoms with E-state index in [0.29, 0.717) is 0 Å². The number of hydrogen-bond acceptors (Lipinski definition) is 2. The molecule has 3 N–H and O–H groups in total. The standard InChI is InChI=1S/C8H11N3O/c1-11-6-2-3-7(11)4-5-8(12)10-9/h2-6H,9H2,1H3,(H,10,12). The van der Waals surface area contributed by atoms with E-state index in [4.69, 9.17) is 5.84 Å². The molecule has 12 heavy (non-hydrogen) atoms. The Morgan fingerprint density at radius 2 is 2.50 bits per heavy atom. The van der Waals surface area contributed by atoms with Crippen LogP contribution in [-0.4, -0.2) is 10.5 Å². The number of nitrogens with two attached hydrogens (primary N) is 1. The van der Waals surface area contributed by atoms with E-state index in [2.05, 4.69) is 0 Å². The Hall–Kier alpha value is -1.55. The lowest BCUT2D eigenvalue weighted by molar-refractivity contribution is -0.116. The molecular formula is C8H11N3O. The highest BCUT2D eigenvalue weighted by molar-refractivity contribution is 5.90. The molecule has 0 saturated carbocycles. The van der Waals surface area contributed by atoms with Crippen LogP contribution < -0.4 is 11.3 Å². The normalized spacial score (nSPS) is 10.5. The van der Waals surface area contributed by atoms with Crippen LogP contribution in [0.1, 0.15) is 5.69 Å². The zero-order valence-corrected chi connectivity index (χ0v) is 6.82. The molecule has 4 nitrogen and oxygen atoms in total. The summed E-state index contributed by atoms with van der Waals surface area (Å²) >= 11 is 0. The number of hydrogen-bond donors (Lipinski definition) is 2. The molecule has 0 radical (unpaired) electrons. The van der Waals surface area contributed by atoms with Crippen LogP contribution in [-0.2, 0) is 11.8 Å². The second-order valence-corrected chi connectivity index (χ2v) is 2.39. The maximum absolute atomic E-state index is 10.7. The van der Waals surface area contributed by atoms with Crippen molar-refractivity contribution in [3.63, 3.8) is 0 Å². The molecule has 0 aliphatic rings. The van der Waals surface area contributed by atoms with E-state index >= 15 is 0 Å². The minimum atomic E-state index is -0.309. The van der Waals surface area contributed by atoms with Gasteiger partial charge in [0, 0.05) is 25.0 Å². The first kappa shape index (κ1) is 8.55. The molecule has 0 aliphatic carbocycles. The second-order valence-electron chi connectivity index (χ2n) is 2.39. The van der Waals surface area contributed by atoms with Crippen molar-refractivity contribution in [1.29, 1.82) is 0 Å². The molecule has 0 atom stereocenters. The third kappa shape index (κ3) is 1.96. The quantitative estimate of drug-likeness (QED) is 0.281. The Morgan fingerprint density at radius 3 is 3.00 bits per heavy atom. The number of amides is 1. The summed E-state index contributed by atoms with van der Waals surface area (Å²) in [6, 6.07) is 3.81. The largest absolute Gasteiger partial charge is 0.351 e. The second kappa shape index (κ2) is 3.73. The van der Waals surface area contributed by atoms with Crippen molar-refractivity contribution in [2.75, 3.05) is 0 Å². The highest BCUT2D eigenvalue weighted by Gasteiger charge is 1.92. The maximum atomic E-state index is 10.7. The van der Waals surface area contributed by atoms with Crippen molar-refractivity contribution in [2.45, 2.75) is 0 Å². The molecule has 64 valence electrons. The first-order valence-electron chi connectivity index (χ1n) is 3.54. The molecule has 1 aromatic rings. The van der Waals surface area contributed by atoms with Gasteiger partial charge in [0.15, 0.2) is 0 Å². The van der Waals surface area contributed by atoms with E-state index in [1.54, 1.807) is 6.08 Å². The van der Waals surface area contributed by atoms with Crippen molar-refractivity contribution in [1.82, 2.24) is 9.99 Å². The summed E-state index contributed by atoms with van der Waals surface area (Å²) in [5.74, 6) is 4.58. The molecule has 1 heterocycles. The van der Waals surface area contributed by atoms with E-state index in [1.807, 2.05) is 35.4 Å². The van der Waals surface area contributed by atoms with Gasteiger partial charge in [-0.3, -0.25) is 10.2 Å². The summed E-state index contributed by atoms with van der Waals surface area (Å²) < 4.78 is 1.90. The summed E-state index contributed by atoms with van der Waals surface area (Å²) in [5, 5.41) is 0. The zero-order valence-electron chi connectivity index (χ0n) is 6.82. The lowest BCUT2D eigenvalue weighted by Gasteiger charge is -1.94. The lowest BCUT2D eigenvalue weighted by Crippen LogP contribution is -2.27. The van der Waals surface area contributed by atoms with E-state index in [9.17, 15) is 4.79 Å². The van der Waals surface area contributed by atoms with E-state index in [1.165, 1.54) is 6.08 Å². The highest BCUT2D eigenvalue weighted by Crippen LogP contribution is 2.01. The minimum absolute atomic E-state index is 0.309. The van der Waals surface area contributed by atoms with Crippen molar-refractivity contribution in [2.24, 2.45) is 12.9 Å². The fraction of sp³-hybridized carbons (Fsp3) is 0.125. The molecule has 0 aliphatic heterocycles. The molecule has 4 heteroatoms. The van der Waals surface area contributed by atoms with Crippen LogP contribution in [0.3, 0.4) is 0 Å². The molecular weight excluding hydrogens is 154 g/mol. The van der Waals surface area contributed by atoms with Crippen LogP contribution in [0, 0.1) is 0 Å². The van der Waals surface area contributed by atoms with Crippen LogP contribution in [0.15, 0.2) is 24.4 Å². The highest BCUT2D eigenvalue weighted by atomic mass is 16.2. The SMILES string of the molecule is Cn1cccc1C=CC(=O)NN. The summed E-state index contributed by atoms with van der Waals surface area (Å²) in [5.41, 5.74) is 2.97. The van der Waals surface area contributed by atoms with Crippen molar-refractivity contribution in [3.05, 3.63) is 30.1 Å². The van der Waals surface area contributed by atoms with Crippen molar-refractivity contribution < 1.29 is 4.79 Å².